The average molecular weight is 420 g/mol. The smallest absolute Gasteiger partial charge is 0.266 e. The van der Waals surface area contributed by atoms with E-state index in [1.165, 1.54) is 6.20 Å². The number of carbonyl (C=O) groups excluding carboxylic acids is 1. The average Bonchev–Trinajstić information content (AvgIpc) is 3.06. The summed E-state index contributed by atoms with van der Waals surface area (Å²) in [6.45, 7) is 4.99. The van der Waals surface area contributed by atoms with Gasteiger partial charge < -0.3 is 14.5 Å². The van der Waals surface area contributed by atoms with Crippen LogP contribution in [0.3, 0.4) is 0 Å². The van der Waals surface area contributed by atoms with Gasteiger partial charge in [0.2, 0.25) is 0 Å². The monoisotopic (exact) mass is 419 g/mol. The molecule has 158 valence electrons. The molecule has 0 aromatic heterocycles. The van der Waals surface area contributed by atoms with Crippen molar-refractivity contribution in [3.05, 3.63) is 47.7 Å². The predicted molar refractivity (Wildman–Crippen MR) is 111 cm³/mol. The number of nitrogens with zero attached hydrogens (tertiary/aromatic N) is 3. The van der Waals surface area contributed by atoms with Crippen LogP contribution in [0.15, 0.2) is 42.1 Å². The van der Waals surface area contributed by atoms with Crippen LogP contribution in [0.1, 0.15) is 25.8 Å². The van der Waals surface area contributed by atoms with Crippen LogP contribution in [0.25, 0.3) is 0 Å². The third kappa shape index (κ3) is 6.58. The second-order valence-electron chi connectivity index (χ2n) is 7.45. The van der Waals surface area contributed by atoms with E-state index in [4.69, 9.17) is 4.74 Å². The Bertz CT molecular complexity index is 860. The van der Waals surface area contributed by atoms with Gasteiger partial charge in [-0.1, -0.05) is 30.3 Å². The molecule has 0 bridgehead atoms. The van der Waals surface area contributed by atoms with Gasteiger partial charge in [-0.25, -0.2) is 8.42 Å². The highest BCUT2D eigenvalue weighted by atomic mass is 32.2. The molecule has 1 aliphatic heterocycles. The summed E-state index contributed by atoms with van der Waals surface area (Å²) in [5.41, 5.74) is 0.972. The molecule has 2 rings (SSSR count). The first kappa shape index (κ1) is 22.9. The van der Waals surface area contributed by atoms with Crippen LogP contribution in [-0.2, 0) is 25.9 Å². The molecule has 8 heteroatoms. The zero-order valence-electron chi connectivity index (χ0n) is 17.2. The first-order valence-corrected chi connectivity index (χ1v) is 11.5. The summed E-state index contributed by atoms with van der Waals surface area (Å²) in [4.78, 5) is 16.5. The van der Waals surface area contributed by atoms with Crippen molar-refractivity contribution in [1.82, 2.24) is 9.80 Å². The molecule has 1 aromatic rings. The van der Waals surface area contributed by atoms with E-state index in [1.807, 2.05) is 50.2 Å². The number of hydrogen-bond donors (Lipinski definition) is 0. The molecule has 1 saturated heterocycles. The Morgan fingerprint density at radius 3 is 2.55 bits per heavy atom. The van der Waals surface area contributed by atoms with Gasteiger partial charge in [0.05, 0.1) is 18.1 Å². The van der Waals surface area contributed by atoms with Crippen molar-refractivity contribution in [3.8, 4) is 6.07 Å². The lowest BCUT2D eigenvalue weighted by Crippen LogP contribution is -2.39. The molecule has 0 N–H and O–H groups in total. The SMILES string of the molecule is COCCN(/C=C(/C#N)C(=O)N(Cc1ccccc1)C(C)C)C1CCS(=O)(=O)C1. The number of sulfone groups is 1. The quantitative estimate of drug-likeness (QED) is 0.449. The number of methoxy groups -OCH3 is 1. The van der Waals surface area contributed by atoms with Crippen LogP contribution in [0.4, 0.5) is 0 Å². The number of nitriles is 1. The van der Waals surface area contributed by atoms with E-state index < -0.39 is 9.84 Å². The highest BCUT2D eigenvalue weighted by Crippen LogP contribution is 2.20. The Balaban J connectivity index is 2.26. The molecule has 29 heavy (non-hydrogen) atoms. The van der Waals surface area contributed by atoms with Gasteiger partial charge in [-0.3, -0.25) is 4.79 Å². The number of rotatable bonds is 9. The minimum atomic E-state index is -3.09. The lowest BCUT2D eigenvalue weighted by molar-refractivity contribution is -0.129. The van der Waals surface area contributed by atoms with E-state index in [0.29, 0.717) is 26.1 Å². The highest BCUT2D eigenvalue weighted by Gasteiger charge is 2.32. The maximum absolute atomic E-state index is 13.1. The van der Waals surface area contributed by atoms with E-state index in [0.717, 1.165) is 5.56 Å². The molecule has 0 saturated carbocycles. The highest BCUT2D eigenvalue weighted by molar-refractivity contribution is 7.91. The molecule has 1 fully saturated rings. The molecule has 0 aliphatic carbocycles. The molecule has 0 radical (unpaired) electrons. The maximum Gasteiger partial charge on any atom is 0.266 e. The van der Waals surface area contributed by atoms with Crippen LogP contribution >= 0.6 is 0 Å². The lowest BCUT2D eigenvalue weighted by Gasteiger charge is -2.29. The Labute approximate surface area is 173 Å². The van der Waals surface area contributed by atoms with Gasteiger partial charge >= 0.3 is 0 Å². The molecule has 1 aromatic carbocycles. The van der Waals surface area contributed by atoms with Crippen molar-refractivity contribution in [2.24, 2.45) is 0 Å². The van der Waals surface area contributed by atoms with Gasteiger partial charge in [0.1, 0.15) is 11.6 Å². The van der Waals surface area contributed by atoms with Gasteiger partial charge in [-0.15, -0.1) is 0 Å². The molecule has 1 atom stereocenters. The van der Waals surface area contributed by atoms with Crippen molar-refractivity contribution in [2.75, 3.05) is 31.8 Å². The van der Waals surface area contributed by atoms with E-state index in [1.54, 1.807) is 16.9 Å². The van der Waals surface area contributed by atoms with Crippen LogP contribution < -0.4 is 0 Å². The number of ether oxygens (including phenoxy) is 1. The van der Waals surface area contributed by atoms with Gasteiger partial charge in [-0.2, -0.15) is 5.26 Å². The lowest BCUT2D eigenvalue weighted by atomic mass is 10.1. The summed E-state index contributed by atoms with van der Waals surface area (Å²) < 4.78 is 28.9. The minimum Gasteiger partial charge on any atom is -0.383 e. The van der Waals surface area contributed by atoms with Crippen molar-refractivity contribution >= 4 is 15.7 Å². The first-order chi connectivity index (χ1) is 13.8. The second-order valence-corrected chi connectivity index (χ2v) is 9.68. The van der Waals surface area contributed by atoms with Gasteiger partial charge in [0.25, 0.3) is 5.91 Å². The fourth-order valence-electron chi connectivity index (χ4n) is 3.31. The molecule has 1 heterocycles. The van der Waals surface area contributed by atoms with Gasteiger partial charge in [0.15, 0.2) is 9.84 Å². The largest absolute Gasteiger partial charge is 0.383 e. The topological polar surface area (TPSA) is 90.7 Å². The summed E-state index contributed by atoms with van der Waals surface area (Å²) in [6.07, 6.45) is 1.99. The molecule has 0 spiro atoms. The fraction of sp³-hybridized carbons (Fsp3) is 0.524. The maximum atomic E-state index is 13.1. The molecule has 1 unspecified atom stereocenters. The number of carbonyl (C=O) groups is 1. The molecular formula is C21H29N3O4S. The van der Waals surface area contributed by atoms with Gasteiger partial charge in [-0.05, 0) is 25.8 Å². The number of benzene rings is 1. The number of amides is 1. The third-order valence-electron chi connectivity index (χ3n) is 4.96. The molecule has 1 aliphatic rings. The van der Waals surface area contributed by atoms with Crippen molar-refractivity contribution in [3.63, 3.8) is 0 Å². The Kier molecular flexibility index (Phi) is 8.23. The van der Waals surface area contributed by atoms with Crippen LogP contribution in [0.2, 0.25) is 0 Å². The molecular weight excluding hydrogens is 390 g/mol. The van der Waals surface area contributed by atoms with Crippen LogP contribution in [-0.4, -0.2) is 68.0 Å². The summed E-state index contributed by atoms with van der Waals surface area (Å²) in [6, 6.07) is 11.3. The summed E-state index contributed by atoms with van der Waals surface area (Å²) in [5.74, 6) is -0.218. The summed E-state index contributed by atoms with van der Waals surface area (Å²) in [5, 5.41) is 9.67. The van der Waals surface area contributed by atoms with Crippen LogP contribution in [0, 0.1) is 11.3 Å². The first-order valence-electron chi connectivity index (χ1n) is 9.69. The molecule has 1 amide bonds. The third-order valence-corrected chi connectivity index (χ3v) is 6.71. The van der Waals surface area contributed by atoms with E-state index in [9.17, 15) is 18.5 Å². The van der Waals surface area contributed by atoms with E-state index in [-0.39, 0.29) is 35.1 Å². The Morgan fingerprint density at radius 2 is 2.03 bits per heavy atom. The minimum absolute atomic E-state index is 0.00460. The standard InChI is InChI=1S/C21H29N3O4S/c1-17(2)24(14-18-7-5-4-6-8-18)21(25)19(13-22)15-23(10-11-28-3)20-9-12-29(26,27)16-20/h4-8,15,17,20H,9-12,14,16H2,1-3H3/b19-15-. The van der Waals surface area contributed by atoms with Crippen molar-refractivity contribution < 1.29 is 17.9 Å². The predicted octanol–water partition coefficient (Wildman–Crippen LogP) is 1.97. The summed E-state index contributed by atoms with van der Waals surface area (Å²) in [7, 11) is -1.53. The summed E-state index contributed by atoms with van der Waals surface area (Å²) >= 11 is 0. The Hall–Kier alpha value is -2.37. The Morgan fingerprint density at radius 1 is 1.34 bits per heavy atom. The molecule has 7 nitrogen and oxygen atoms in total. The van der Waals surface area contributed by atoms with Gasteiger partial charge in [0, 0.05) is 38.5 Å². The fourth-order valence-corrected chi connectivity index (χ4v) is 5.05. The van der Waals surface area contributed by atoms with E-state index >= 15 is 0 Å². The van der Waals surface area contributed by atoms with Crippen LogP contribution in [0.5, 0.6) is 0 Å². The van der Waals surface area contributed by atoms with Crippen molar-refractivity contribution in [2.45, 2.75) is 38.9 Å². The second kappa shape index (κ2) is 10.4. The van der Waals surface area contributed by atoms with Crippen molar-refractivity contribution in [1.29, 1.82) is 5.26 Å². The zero-order chi connectivity index (χ0) is 21.4. The van der Waals surface area contributed by atoms with E-state index in [2.05, 4.69) is 0 Å². The zero-order valence-corrected chi connectivity index (χ0v) is 18.1. The normalized spacial score (nSPS) is 18.4. The number of hydrogen-bond acceptors (Lipinski definition) is 6.